The average molecular weight is 323 g/mol. The Balaban J connectivity index is 1.54. The minimum atomic E-state index is -0.474. The molecule has 0 bridgehead atoms. The molecule has 122 valence electrons. The van der Waals surface area contributed by atoms with Gasteiger partial charge in [0.05, 0.1) is 11.9 Å². The maximum absolute atomic E-state index is 11.8. The molecule has 0 saturated heterocycles. The molecular weight excluding hydrogens is 306 g/mol. The molecule has 24 heavy (non-hydrogen) atoms. The van der Waals surface area contributed by atoms with Crippen molar-refractivity contribution in [3.8, 4) is 11.3 Å². The van der Waals surface area contributed by atoms with Crippen molar-refractivity contribution in [3.63, 3.8) is 0 Å². The van der Waals surface area contributed by atoms with E-state index in [0.29, 0.717) is 6.54 Å². The van der Waals surface area contributed by atoms with E-state index in [-0.39, 0.29) is 6.61 Å². The number of amides is 1. The van der Waals surface area contributed by atoms with Crippen LogP contribution >= 0.6 is 0 Å². The van der Waals surface area contributed by atoms with E-state index in [2.05, 4.69) is 20.4 Å². The molecule has 0 atom stereocenters. The topological polar surface area (TPSA) is 81.9 Å². The summed E-state index contributed by atoms with van der Waals surface area (Å²) in [7, 11) is 1.85. The molecule has 7 heteroatoms. The highest BCUT2D eigenvalue weighted by Gasteiger charge is 2.06. The Labute approximate surface area is 139 Å². The second-order valence-corrected chi connectivity index (χ2v) is 5.24. The van der Waals surface area contributed by atoms with E-state index in [9.17, 15) is 4.79 Å². The van der Waals surface area contributed by atoms with Crippen molar-refractivity contribution >= 4 is 6.09 Å². The van der Waals surface area contributed by atoms with E-state index in [1.807, 2.05) is 31.4 Å². The minimum absolute atomic E-state index is 0.191. The molecule has 0 aliphatic carbocycles. The summed E-state index contributed by atoms with van der Waals surface area (Å²) in [5.74, 6) is 0. The first-order valence-corrected chi connectivity index (χ1v) is 7.44. The standard InChI is InChI=1S/C17H17N5O2/c1-22-11-15(10-21-22)16-7-13(4-6-19-16)9-20-17(23)24-12-14-3-2-5-18-8-14/h2-8,10-11H,9,12H2,1H3,(H,20,23). The summed E-state index contributed by atoms with van der Waals surface area (Å²) < 4.78 is 6.87. The van der Waals surface area contributed by atoms with E-state index in [0.717, 1.165) is 22.4 Å². The van der Waals surface area contributed by atoms with Gasteiger partial charge in [-0.3, -0.25) is 14.6 Å². The minimum Gasteiger partial charge on any atom is -0.445 e. The number of nitrogens with one attached hydrogen (secondary N) is 1. The van der Waals surface area contributed by atoms with Crippen LogP contribution in [0, 0.1) is 0 Å². The van der Waals surface area contributed by atoms with Gasteiger partial charge in [0, 0.05) is 49.5 Å². The molecule has 0 aromatic carbocycles. The van der Waals surface area contributed by atoms with Crippen molar-refractivity contribution in [2.24, 2.45) is 7.05 Å². The SMILES string of the molecule is Cn1cc(-c2cc(CNC(=O)OCc3cccnc3)ccn2)cn1. The lowest BCUT2D eigenvalue weighted by Gasteiger charge is -2.07. The van der Waals surface area contributed by atoms with Crippen LogP contribution in [0.15, 0.2) is 55.2 Å². The number of pyridine rings is 2. The number of hydrogen-bond acceptors (Lipinski definition) is 5. The lowest BCUT2D eigenvalue weighted by atomic mass is 10.1. The number of rotatable bonds is 5. The molecule has 3 aromatic rings. The Morgan fingerprint density at radius 2 is 2.17 bits per heavy atom. The van der Waals surface area contributed by atoms with Gasteiger partial charge in [-0.2, -0.15) is 5.10 Å². The maximum atomic E-state index is 11.8. The number of aromatic nitrogens is 4. The van der Waals surface area contributed by atoms with Crippen molar-refractivity contribution in [2.75, 3.05) is 0 Å². The van der Waals surface area contributed by atoms with Gasteiger partial charge in [0.2, 0.25) is 0 Å². The van der Waals surface area contributed by atoms with Gasteiger partial charge in [0.15, 0.2) is 0 Å². The monoisotopic (exact) mass is 323 g/mol. The van der Waals surface area contributed by atoms with Gasteiger partial charge in [-0.1, -0.05) is 6.07 Å². The third-order valence-electron chi connectivity index (χ3n) is 3.35. The van der Waals surface area contributed by atoms with E-state index in [4.69, 9.17) is 4.74 Å². The van der Waals surface area contributed by atoms with Crippen LogP contribution in [0.4, 0.5) is 4.79 Å². The zero-order valence-electron chi connectivity index (χ0n) is 13.2. The highest BCUT2D eigenvalue weighted by atomic mass is 16.5. The van der Waals surface area contributed by atoms with Crippen LogP contribution in [-0.4, -0.2) is 25.8 Å². The number of carbonyl (C=O) groups is 1. The zero-order chi connectivity index (χ0) is 16.8. The number of nitrogens with zero attached hydrogens (tertiary/aromatic N) is 4. The van der Waals surface area contributed by atoms with E-state index >= 15 is 0 Å². The Hall–Kier alpha value is -3.22. The number of hydrogen-bond donors (Lipinski definition) is 1. The van der Waals surface area contributed by atoms with Crippen molar-refractivity contribution < 1.29 is 9.53 Å². The van der Waals surface area contributed by atoms with E-state index in [1.54, 1.807) is 35.5 Å². The summed E-state index contributed by atoms with van der Waals surface area (Å²) in [6.45, 7) is 0.554. The average Bonchev–Trinajstić information content (AvgIpc) is 3.06. The molecular formula is C17H17N5O2. The molecule has 0 unspecified atom stereocenters. The molecule has 1 amide bonds. The predicted octanol–water partition coefficient (Wildman–Crippen LogP) is 2.30. The molecule has 1 N–H and O–H groups in total. The number of ether oxygens (including phenoxy) is 1. The van der Waals surface area contributed by atoms with Crippen LogP contribution in [0.25, 0.3) is 11.3 Å². The summed E-state index contributed by atoms with van der Waals surface area (Å²) >= 11 is 0. The normalized spacial score (nSPS) is 10.4. The molecule has 3 heterocycles. The highest BCUT2D eigenvalue weighted by Crippen LogP contribution is 2.16. The zero-order valence-corrected chi connectivity index (χ0v) is 13.2. The van der Waals surface area contributed by atoms with Gasteiger partial charge >= 0.3 is 6.09 Å². The number of aryl methyl sites for hydroxylation is 1. The predicted molar refractivity (Wildman–Crippen MR) is 87.7 cm³/mol. The molecule has 3 aromatic heterocycles. The molecule has 0 aliphatic heterocycles. The van der Waals surface area contributed by atoms with Gasteiger partial charge in [-0.25, -0.2) is 4.79 Å². The smallest absolute Gasteiger partial charge is 0.407 e. The summed E-state index contributed by atoms with van der Waals surface area (Å²) in [6, 6.07) is 7.41. The first-order valence-electron chi connectivity index (χ1n) is 7.44. The Morgan fingerprint density at radius 1 is 1.25 bits per heavy atom. The van der Waals surface area contributed by atoms with Crippen LogP contribution in [0.2, 0.25) is 0 Å². The Bertz CT molecular complexity index is 817. The van der Waals surface area contributed by atoms with Crippen molar-refractivity contribution in [3.05, 3.63) is 66.4 Å². The fourth-order valence-electron chi connectivity index (χ4n) is 2.15. The second kappa shape index (κ2) is 7.36. The number of carbonyl (C=O) groups excluding carboxylic acids is 1. The number of alkyl carbamates (subject to hydrolysis) is 1. The highest BCUT2D eigenvalue weighted by molar-refractivity contribution is 5.67. The van der Waals surface area contributed by atoms with Crippen molar-refractivity contribution in [2.45, 2.75) is 13.2 Å². The fraction of sp³-hybridized carbons (Fsp3) is 0.176. The Morgan fingerprint density at radius 3 is 2.92 bits per heavy atom. The van der Waals surface area contributed by atoms with Crippen LogP contribution in [-0.2, 0) is 24.9 Å². The van der Waals surface area contributed by atoms with Crippen LogP contribution < -0.4 is 5.32 Å². The molecule has 0 spiro atoms. The van der Waals surface area contributed by atoms with Crippen LogP contribution in [0.3, 0.4) is 0 Å². The maximum Gasteiger partial charge on any atom is 0.407 e. The fourth-order valence-corrected chi connectivity index (χ4v) is 2.15. The van der Waals surface area contributed by atoms with Gasteiger partial charge in [-0.05, 0) is 23.8 Å². The molecule has 0 aliphatic rings. The molecule has 0 fully saturated rings. The summed E-state index contributed by atoms with van der Waals surface area (Å²) in [4.78, 5) is 20.1. The van der Waals surface area contributed by atoms with Crippen molar-refractivity contribution in [1.82, 2.24) is 25.1 Å². The molecule has 0 radical (unpaired) electrons. The lowest BCUT2D eigenvalue weighted by molar-refractivity contribution is 0.139. The van der Waals surface area contributed by atoms with E-state index < -0.39 is 6.09 Å². The molecule has 3 rings (SSSR count). The van der Waals surface area contributed by atoms with Crippen molar-refractivity contribution in [1.29, 1.82) is 0 Å². The third kappa shape index (κ3) is 4.16. The first kappa shape index (κ1) is 15.7. The third-order valence-corrected chi connectivity index (χ3v) is 3.35. The summed E-state index contributed by atoms with van der Waals surface area (Å²) in [6.07, 6.45) is 8.21. The van der Waals surface area contributed by atoms with E-state index in [1.165, 1.54) is 0 Å². The van der Waals surface area contributed by atoms with Gasteiger partial charge in [0.1, 0.15) is 6.61 Å². The Kier molecular flexibility index (Phi) is 4.81. The van der Waals surface area contributed by atoms with Gasteiger partial charge in [-0.15, -0.1) is 0 Å². The van der Waals surface area contributed by atoms with Crippen LogP contribution in [0.1, 0.15) is 11.1 Å². The first-order chi connectivity index (χ1) is 11.7. The summed E-state index contributed by atoms with van der Waals surface area (Å²) in [5.41, 5.74) is 3.52. The lowest BCUT2D eigenvalue weighted by Crippen LogP contribution is -2.23. The largest absolute Gasteiger partial charge is 0.445 e. The quantitative estimate of drug-likeness (QED) is 0.779. The van der Waals surface area contributed by atoms with Gasteiger partial charge < -0.3 is 10.1 Å². The summed E-state index contributed by atoms with van der Waals surface area (Å²) in [5, 5.41) is 6.85. The van der Waals surface area contributed by atoms with Gasteiger partial charge in [0.25, 0.3) is 0 Å². The van der Waals surface area contributed by atoms with Crippen LogP contribution in [0.5, 0.6) is 0 Å². The molecule has 7 nitrogen and oxygen atoms in total. The second-order valence-electron chi connectivity index (χ2n) is 5.24. The molecule has 0 saturated carbocycles.